The van der Waals surface area contributed by atoms with Gasteiger partial charge in [0.05, 0.1) is 5.69 Å². The summed E-state index contributed by atoms with van der Waals surface area (Å²) in [5.74, 6) is -1.41. The Morgan fingerprint density at radius 1 is 1.19 bits per heavy atom. The first-order valence-corrected chi connectivity index (χ1v) is 8.41. The molecular weight excluding hydrogens is 381 g/mol. The number of hydrogen-bond donors (Lipinski definition) is 0. The maximum Gasteiger partial charge on any atom is 0.292 e. The highest BCUT2D eigenvalue weighted by Gasteiger charge is 2.52. The second-order valence-electron chi connectivity index (χ2n) is 5.20. The van der Waals surface area contributed by atoms with Crippen molar-refractivity contribution in [3.63, 3.8) is 0 Å². The van der Waals surface area contributed by atoms with E-state index in [1.54, 1.807) is 4.90 Å². The molecule has 1 aliphatic heterocycles. The fourth-order valence-corrected chi connectivity index (χ4v) is 3.30. The van der Waals surface area contributed by atoms with Crippen LogP contribution in [0.3, 0.4) is 0 Å². The van der Waals surface area contributed by atoms with Gasteiger partial charge in [0, 0.05) is 29.9 Å². The summed E-state index contributed by atoms with van der Waals surface area (Å²) in [7, 11) is 3.04. The molecule has 0 fully saturated rings. The van der Waals surface area contributed by atoms with E-state index >= 15 is 0 Å². The van der Waals surface area contributed by atoms with E-state index in [0.717, 1.165) is 27.7 Å². The predicted octanol–water partition coefficient (Wildman–Crippen LogP) is 3.66. The third-order valence-electron chi connectivity index (χ3n) is 3.94. The van der Waals surface area contributed by atoms with Gasteiger partial charge in [-0.25, -0.2) is 0 Å². The van der Waals surface area contributed by atoms with Crippen LogP contribution in [0.2, 0.25) is 0 Å². The van der Waals surface area contributed by atoms with Crippen molar-refractivity contribution in [3.8, 4) is 0 Å². The highest BCUT2D eigenvalue weighted by atomic mass is 127. The third-order valence-corrected chi connectivity index (χ3v) is 4.61. The molecule has 0 atom stereocenters. The van der Waals surface area contributed by atoms with Crippen molar-refractivity contribution in [2.75, 3.05) is 25.7 Å². The van der Waals surface area contributed by atoms with E-state index in [-0.39, 0.29) is 5.91 Å². The highest BCUT2D eigenvalue weighted by molar-refractivity contribution is 14.1. The molecule has 0 aliphatic carbocycles. The van der Waals surface area contributed by atoms with Gasteiger partial charge in [-0.1, -0.05) is 26.2 Å². The smallest absolute Gasteiger partial charge is 0.292 e. The van der Waals surface area contributed by atoms with Crippen molar-refractivity contribution in [1.29, 1.82) is 0 Å². The normalized spacial score (nSPS) is 16.4. The van der Waals surface area contributed by atoms with E-state index < -0.39 is 5.79 Å². The molecule has 0 N–H and O–H groups in total. The zero-order valence-corrected chi connectivity index (χ0v) is 15.0. The van der Waals surface area contributed by atoms with E-state index in [0.29, 0.717) is 6.54 Å². The molecule has 0 spiro atoms. The second-order valence-corrected chi connectivity index (χ2v) is 6.45. The van der Waals surface area contributed by atoms with Gasteiger partial charge in [0.2, 0.25) is 0 Å². The van der Waals surface area contributed by atoms with Crippen molar-refractivity contribution < 1.29 is 14.3 Å². The minimum Gasteiger partial charge on any atom is -0.342 e. The first-order chi connectivity index (χ1) is 10.1. The van der Waals surface area contributed by atoms with E-state index in [2.05, 4.69) is 29.5 Å². The molecule has 2 rings (SSSR count). The number of carbonyl (C=O) groups is 1. The van der Waals surface area contributed by atoms with Gasteiger partial charge in [0.1, 0.15) is 0 Å². The summed E-state index contributed by atoms with van der Waals surface area (Å²) < 4.78 is 12.0. The molecule has 21 heavy (non-hydrogen) atoms. The molecule has 0 unspecified atom stereocenters. The third kappa shape index (κ3) is 2.96. The molecule has 0 radical (unpaired) electrons. The summed E-state index contributed by atoms with van der Waals surface area (Å²) in [6.07, 6.45) is 4.51. The summed E-state index contributed by atoms with van der Waals surface area (Å²) in [4.78, 5) is 14.6. The number of carbonyl (C=O) groups excluding carboxylic acids is 1. The average molecular weight is 403 g/mol. The van der Waals surface area contributed by atoms with Crippen molar-refractivity contribution in [3.05, 3.63) is 27.3 Å². The minimum absolute atomic E-state index is 0.124. The Balaban J connectivity index is 2.31. The molecule has 0 aromatic heterocycles. The molecule has 5 heteroatoms. The van der Waals surface area contributed by atoms with Crippen LogP contribution < -0.4 is 4.90 Å². The molecule has 0 saturated heterocycles. The van der Waals surface area contributed by atoms with Crippen LogP contribution in [0.15, 0.2) is 18.2 Å². The molecule has 116 valence electrons. The Morgan fingerprint density at radius 2 is 1.90 bits per heavy atom. The number of ether oxygens (including phenoxy) is 2. The van der Waals surface area contributed by atoms with Crippen molar-refractivity contribution in [2.45, 2.75) is 38.4 Å². The average Bonchev–Trinajstić information content (AvgIpc) is 2.72. The largest absolute Gasteiger partial charge is 0.342 e. The lowest BCUT2D eigenvalue weighted by Crippen LogP contribution is -2.43. The maximum absolute atomic E-state index is 12.8. The van der Waals surface area contributed by atoms with Crippen molar-refractivity contribution in [1.82, 2.24) is 0 Å². The number of unbranched alkanes of at least 4 members (excludes halogenated alkanes) is 3. The number of amides is 1. The SMILES string of the molecule is CCCCCCN1C(=O)C(OC)(OC)c2cc(I)ccc21. The van der Waals surface area contributed by atoms with Gasteiger partial charge in [0.15, 0.2) is 0 Å². The number of methoxy groups -OCH3 is 2. The van der Waals surface area contributed by atoms with Gasteiger partial charge in [-0.15, -0.1) is 0 Å². The maximum atomic E-state index is 12.8. The number of benzene rings is 1. The lowest BCUT2D eigenvalue weighted by atomic mass is 10.1. The monoisotopic (exact) mass is 403 g/mol. The molecule has 0 bridgehead atoms. The zero-order chi connectivity index (χ0) is 15.5. The Bertz CT molecular complexity index is 514. The summed E-state index contributed by atoms with van der Waals surface area (Å²) in [5.41, 5.74) is 1.71. The number of hydrogen-bond acceptors (Lipinski definition) is 3. The van der Waals surface area contributed by atoms with Gasteiger partial charge in [-0.05, 0) is 47.2 Å². The summed E-state index contributed by atoms with van der Waals surface area (Å²) in [6, 6.07) is 5.95. The van der Waals surface area contributed by atoms with Gasteiger partial charge >= 0.3 is 0 Å². The van der Waals surface area contributed by atoms with Crippen LogP contribution in [0.5, 0.6) is 0 Å². The summed E-state index contributed by atoms with van der Waals surface area (Å²) in [5, 5.41) is 0. The van der Waals surface area contributed by atoms with Crippen LogP contribution >= 0.6 is 22.6 Å². The molecule has 1 aromatic rings. The fourth-order valence-electron chi connectivity index (χ4n) is 2.81. The number of rotatable bonds is 7. The molecular formula is C16H22INO3. The first kappa shape index (κ1) is 16.7. The predicted molar refractivity (Wildman–Crippen MR) is 91.4 cm³/mol. The quantitative estimate of drug-likeness (QED) is 0.396. The molecule has 1 aromatic carbocycles. The van der Waals surface area contributed by atoms with Crippen LogP contribution in [-0.2, 0) is 20.1 Å². The number of nitrogens with zero attached hydrogens (tertiary/aromatic N) is 1. The Labute approximate surface area is 139 Å². The molecule has 1 aliphatic rings. The number of fused-ring (bicyclic) bond motifs is 1. The van der Waals surface area contributed by atoms with Crippen LogP contribution in [0.1, 0.15) is 38.2 Å². The van der Waals surface area contributed by atoms with Crippen LogP contribution in [0, 0.1) is 3.57 Å². The second kappa shape index (κ2) is 7.07. The fraction of sp³-hybridized carbons (Fsp3) is 0.562. The molecule has 1 heterocycles. The van der Waals surface area contributed by atoms with E-state index in [1.807, 2.05) is 18.2 Å². The Hall–Kier alpha value is -0.660. The van der Waals surface area contributed by atoms with Crippen molar-refractivity contribution in [2.24, 2.45) is 0 Å². The zero-order valence-electron chi connectivity index (χ0n) is 12.8. The van der Waals surface area contributed by atoms with Crippen molar-refractivity contribution >= 4 is 34.2 Å². The van der Waals surface area contributed by atoms with Crippen LogP contribution in [0.4, 0.5) is 5.69 Å². The van der Waals surface area contributed by atoms with Gasteiger partial charge in [0.25, 0.3) is 11.7 Å². The van der Waals surface area contributed by atoms with E-state index in [4.69, 9.17) is 9.47 Å². The van der Waals surface area contributed by atoms with Crippen LogP contribution in [-0.4, -0.2) is 26.7 Å². The standard InChI is InChI=1S/C16H22INO3/c1-4-5-6-7-10-18-14-9-8-12(17)11-13(14)16(20-2,21-3)15(18)19/h8-9,11H,4-7,10H2,1-3H3. The highest BCUT2D eigenvalue weighted by Crippen LogP contribution is 2.43. The topological polar surface area (TPSA) is 38.8 Å². The van der Waals surface area contributed by atoms with Gasteiger partial charge in [-0.3, -0.25) is 4.79 Å². The minimum atomic E-state index is -1.29. The van der Waals surface area contributed by atoms with Crippen LogP contribution in [0.25, 0.3) is 0 Å². The summed E-state index contributed by atoms with van der Waals surface area (Å²) >= 11 is 2.24. The van der Waals surface area contributed by atoms with Gasteiger partial charge in [-0.2, -0.15) is 0 Å². The van der Waals surface area contributed by atoms with E-state index in [9.17, 15) is 4.79 Å². The summed E-state index contributed by atoms with van der Waals surface area (Å²) in [6.45, 7) is 2.89. The number of halogens is 1. The lowest BCUT2D eigenvalue weighted by Gasteiger charge is -2.25. The molecule has 0 saturated carbocycles. The molecule has 1 amide bonds. The van der Waals surface area contributed by atoms with Gasteiger partial charge < -0.3 is 14.4 Å². The first-order valence-electron chi connectivity index (χ1n) is 7.33. The Kier molecular flexibility index (Phi) is 5.62. The molecule has 4 nitrogen and oxygen atoms in total. The van der Waals surface area contributed by atoms with E-state index in [1.165, 1.54) is 27.1 Å². The lowest BCUT2D eigenvalue weighted by molar-refractivity contribution is -0.209. The number of anilines is 1. The Morgan fingerprint density at radius 3 is 2.52 bits per heavy atom.